The molecule has 0 aromatic rings. The first-order chi connectivity index (χ1) is 13.1. The van der Waals surface area contributed by atoms with Crippen LogP contribution in [0.15, 0.2) is 0 Å². The Bertz CT molecular complexity index is 484. The fourth-order valence-electron chi connectivity index (χ4n) is 2.57. The number of carbonyl (C=O) groups is 1. The van der Waals surface area contributed by atoms with Crippen LogP contribution in [-0.2, 0) is 19.0 Å². The van der Waals surface area contributed by atoms with Gasteiger partial charge in [-0.3, -0.25) is 4.79 Å². The van der Waals surface area contributed by atoms with Crippen molar-refractivity contribution in [1.29, 1.82) is 0 Å². The molecule has 0 amide bonds. The van der Waals surface area contributed by atoms with E-state index < -0.39 is 87.1 Å². The van der Waals surface area contributed by atoms with Gasteiger partial charge in [0.1, 0.15) is 48.8 Å². The maximum Gasteiger partial charge on any atom is 1.00 e. The van der Waals surface area contributed by atoms with E-state index in [2.05, 4.69) is 0 Å². The van der Waals surface area contributed by atoms with Crippen molar-refractivity contribution in [2.75, 3.05) is 19.8 Å². The summed E-state index contributed by atoms with van der Waals surface area (Å²) in [6.45, 7) is -1.87. The zero-order valence-corrected chi connectivity index (χ0v) is 17.6. The quantitative estimate of drug-likeness (QED) is 0.181. The Morgan fingerprint density at radius 2 is 1.34 bits per heavy atom. The van der Waals surface area contributed by atoms with Crippen LogP contribution in [0.2, 0.25) is 0 Å². The van der Waals surface area contributed by atoms with E-state index in [1.54, 1.807) is 0 Å². The molecule has 14 nitrogen and oxygen atoms in total. The molecule has 2 heterocycles. The van der Waals surface area contributed by atoms with E-state index in [-0.39, 0.29) is 29.6 Å². The van der Waals surface area contributed by atoms with Crippen molar-refractivity contribution in [2.45, 2.75) is 61.4 Å². The Morgan fingerprint density at radius 3 is 1.79 bits per heavy atom. The van der Waals surface area contributed by atoms with Gasteiger partial charge in [-0.15, -0.1) is 0 Å². The van der Waals surface area contributed by atoms with Crippen molar-refractivity contribution in [3.8, 4) is 0 Å². The molecule has 2 fully saturated rings. The van der Waals surface area contributed by atoms with E-state index in [1.165, 1.54) is 0 Å². The normalized spacial score (nSPS) is 42.2. The standard InChI is InChI=1S/C12H22O11.C2H4NO2.Na/c13-1-3-5(15)6(16)9(19)12(22-3)23-10-4(2-14)21-11(20)8(18)7(10)17;3-1-2(4)5;/h3-20H,1-2H2;3H,1H2,(H,4,5);/q;-1;+1/t3-,4-,5+,6+,7-,8-,9-,10-,11+,12+;;/m1../s1. The van der Waals surface area contributed by atoms with Crippen molar-refractivity contribution in [3.05, 3.63) is 5.73 Å². The summed E-state index contributed by atoms with van der Waals surface area (Å²) >= 11 is 0. The molecule has 0 aromatic heterocycles. The molecule has 0 bridgehead atoms. The van der Waals surface area contributed by atoms with E-state index in [4.69, 9.17) is 30.2 Å². The third kappa shape index (κ3) is 7.57. The molecule has 2 aliphatic heterocycles. The minimum absolute atomic E-state index is 0. The van der Waals surface area contributed by atoms with Gasteiger partial charge in [0.2, 0.25) is 0 Å². The molecule has 0 radical (unpaired) electrons. The zero-order chi connectivity index (χ0) is 21.6. The number of aliphatic hydroxyl groups is 8. The number of ether oxygens (including phenoxy) is 3. The van der Waals surface area contributed by atoms with Crippen LogP contribution in [0.5, 0.6) is 0 Å². The number of carboxylic acids is 1. The first-order valence-electron chi connectivity index (χ1n) is 8.21. The summed E-state index contributed by atoms with van der Waals surface area (Å²) in [7, 11) is 0. The summed E-state index contributed by atoms with van der Waals surface area (Å²) in [6.07, 6.45) is -15.6. The summed E-state index contributed by atoms with van der Waals surface area (Å²) in [6, 6.07) is 0. The molecule has 0 aliphatic carbocycles. The molecule has 2 rings (SSSR count). The second-order valence-electron chi connectivity index (χ2n) is 6.10. The van der Waals surface area contributed by atoms with Crippen molar-refractivity contribution in [1.82, 2.24) is 0 Å². The topological polar surface area (TPSA) is 251 Å². The molecule has 2 saturated heterocycles. The largest absolute Gasteiger partial charge is 1.00 e. The average molecular weight is 439 g/mol. The Balaban J connectivity index is 0.00000117. The molecule has 15 heteroatoms. The molecule has 0 saturated carbocycles. The minimum Gasteiger partial charge on any atom is -0.668 e. The molecule has 10 N–H and O–H groups in total. The molecule has 0 spiro atoms. The Morgan fingerprint density at radius 1 is 0.828 bits per heavy atom. The van der Waals surface area contributed by atoms with Gasteiger partial charge in [0.15, 0.2) is 12.6 Å². The average Bonchev–Trinajstić information content (AvgIpc) is 2.68. The zero-order valence-electron chi connectivity index (χ0n) is 15.6. The number of hydrogen-bond donors (Lipinski definition) is 9. The van der Waals surface area contributed by atoms with Gasteiger partial charge in [-0.1, -0.05) is 6.54 Å². The number of carboxylic acid groups (broad SMARTS) is 1. The van der Waals surface area contributed by atoms with Gasteiger partial charge >= 0.3 is 29.6 Å². The molecule has 166 valence electrons. The van der Waals surface area contributed by atoms with E-state index in [9.17, 15) is 40.5 Å². The maximum atomic E-state index is 9.94. The number of aliphatic hydroxyl groups excluding tert-OH is 8. The second-order valence-corrected chi connectivity index (χ2v) is 6.10. The van der Waals surface area contributed by atoms with E-state index in [0.29, 0.717) is 0 Å². The molecule has 0 aromatic carbocycles. The van der Waals surface area contributed by atoms with Crippen LogP contribution in [0, 0.1) is 0 Å². The second kappa shape index (κ2) is 13.4. The predicted molar refractivity (Wildman–Crippen MR) is 85.4 cm³/mol. The van der Waals surface area contributed by atoms with Gasteiger partial charge in [-0.2, -0.15) is 0 Å². The van der Waals surface area contributed by atoms with Crippen molar-refractivity contribution < 1.29 is 94.5 Å². The van der Waals surface area contributed by atoms with Crippen molar-refractivity contribution >= 4 is 5.97 Å². The molecular weight excluding hydrogens is 413 g/mol. The van der Waals surface area contributed by atoms with Crippen LogP contribution in [0.1, 0.15) is 0 Å². The van der Waals surface area contributed by atoms with E-state index >= 15 is 0 Å². The fourth-order valence-corrected chi connectivity index (χ4v) is 2.57. The van der Waals surface area contributed by atoms with Crippen LogP contribution in [0.4, 0.5) is 0 Å². The summed E-state index contributed by atoms with van der Waals surface area (Å²) in [5.74, 6) is -1.08. The third-order valence-corrected chi connectivity index (χ3v) is 4.13. The fraction of sp³-hybridized carbons (Fsp3) is 0.929. The number of aliphatic carboxylic acids is 1. The molecule has 29 heavy (non-hydrogen) atoms. The van der Waals surface area contributed by atoms with Crippen LogP contribution in [0.3, 0.4) is 0 Å². The van der Waals surface area contributed by atoms with Crippen LogP contribution < -0.4 is 29.6 Å². The molecule has 0 unspecified atom stereocenters. The van der Waals surface area contributed by atoms with Gasteiger partial charge in [-0.25, -0.2) is 0 Å². The molecule has 10 atom stereocenters. The Labute approximate surface area is 187 Å². The number of hydrogen-bond acceptors (Lipinski definition) is 12. The summed E-state index contributed by atoms with van der Waals surface area (Å²) < 4.78 is 15.3. The smallest absolute Gasteiger partial charge is 0.668 e. The Kier molecular flexibility index (Phi) is 13.4. The SMILES string of the molecule is OC[C@H]1O[C@@H](O[C@H]2[C@H](O)[C@@H](O)[C@@H](O)O[C@@H]2CO)[C@H](O)[C@@H](O)[C@H]1O.[NH-]CC(=O)O.[Na+]. The van der Waals surface area contributed by atoms with Gasteiger partial charge < -0.3 is 65.9 Å². The van der Waals surface area contributed by atoms with E-state index in [1.807, 2.05) is 0 Å². The predicted octanol–water partition coefficient (Wildman–Crippen LogP) is -8.27. The van der Waals surface area contributed by atoms with Gasteiger partial charge in [0.25, 0.3) is 5.97 Å². The monoisotopic (exact) mass is 439 g/mol. The molecule has 2 aliphatic rings. The minimum atomic E-state index is -1.74. The summed E-state index contributed by atoms with van der Waals surface area (Å²) in [5.41, 5.74) is 6.06. The number of rotatable bonds is 5. The van der Waals surface area contributed by atoms with Gasteiger partial charge in [0, 0.05) is 0 Å². The number of nitrogens with one attached hydrogen (secondary N) is 1. The van der Waals surface area contributed by atoms with Gasteiger partial charge in [-0.05, 0) is 0 Å². The molecular formula is C14H26NNaO13. The van der Waals surface area contributed by atoms with Crippen LogP contribution in [-0.4, -0.2) is 133 Å². The van der Waals surface area contributed by atoms with Crippen LogP contribution >= 0.6 is 0 Å². The van der Waals surface area contributed by atoms with Crippen molar-refractivity contribution in [2.24, 2.45) is 0 Å². The summed E-state index contributed by atoms with van der Waals surface area (Å²) in [5, 5.41) is 84.0. The first kappa shape index (κ1) is 29.0. The van der Waals surface area contributed by atoms with Crippen molar-refractivity contribution in [3.63, 3.8) is 0 Å². The van der Waals surface area contributed by atoms with E-state index in [0.717, 1.165) is 0 Å². The maximum absolute atomic E-state index is 9.94. The first-order valence-corrected chi connectivity index (χ1v) is 8.21. The van der Waals surface area contributed by atoms with Crippen LogP contribution in [0.25, 0.3) is 5.73 Å². The summed E-state index contributed by atoms with van der Waals surface area (Å²) in [4.78, 5) is 9.18. The van der Waals surface area contributed by atoms with Gasteiger partial charge in [0.05, 0.1) is 13.2 Å². The third-order valence-electron chi connectivity index (χ3n) is 4.13. The Hall–Kier alpha value is -0.01000.